The van der Waals surface area contributed by atoms with Crippen LogP contribution in [0.3, 0.4) is 0 Å². The van der Waals surface area contributed by atoms with E-state index in [4.69, 9.17) is 0 Å². The molecule has 0 aromatic heterocycles. The summed E-state index contributed by atoms with van der Waals surface area (Å²) in [5.41, 5.74) is 0. The second-order valence-corrected chi connectivity index (χ2v) is 5.33. The standard InChI is InChI=1S/2C8H15NO3.Ca/c2*1-7(10)9-6-4-2-3-5-8(11)12;/h2*2-6H2,1H3,(H,9,10)(H,11,12);/q;;+2/p-2. The molecule has 0 heterocycles. The second kappa shape index (κ2) is 21.2. The van der Waals surface area contributed by atoms with Crippen LogP contribution in [0.5, 0.6) is 0 Å². The van der Waals surface area contributed by atoms with Gasteiger partial charge in [-0.05, 0) is 38.5 Å². The van der Waals surface area contributed by atoms with E-state index in [1.165, 1.54) is 13.8 Å². The van der Waals surface area contributed by atoms with E-state index >= 15 is 0 Å². The van der Waals surface area contributed by atoms with Gasteiger partial charge < -0.3 is 30.4 Å². The first-order valence-corrected chi connectivity index (χ1v) is 8.14. The van der Waals surface area contributed by atoms with Crippen LogP contribution in [-0.2, 0) is 19.2 Å². The van der Waals surface area contributed by atoms with E-state index < -0.39 is 11.9 Å². The zero-order valence-electron chi connectivity index (χ0n) is 15.2. The molecule has 0 atom stereocenters. The fourth-order valence-corrected chi connectivity index (χ4v) is 1.67. The molecule has 25 heavy (non-hydrogen) atoms. The summed E-state index contributed by atoms with van der Waals surface area (Å²) < 4.78 is 0. The molecule has 9 heteroatoms. The number of hydrogen-bond donors (Lipinski definition) is 2. The fraction of sp³-hybridized carbons (Fsp3) is 0.750. The zero-order chi connectivity index (χ0) is 18.8. The van der Waals surface area contributed by atoms with Crippen LogP contribution in [-0.4, -0.2) is 74.6 Å². The van der Waals surface area contributed by atoms with Crippen LogP contribution in [0.1, 0.15) is 65.2 Å². The van der Waals surface area contributed by atoms with Crippen molar-refractivity contribution in [3.63, 3.8) is 0 Å². The van der Waals surface area contributed by atoms with E-state index in [-0.39, 0.29) is 62.4 Å². The minimum Gasteiger partial charge on any atom is -0.550 e. The Bertz CT molecular complexity index is 319. The fourth-order valence-electron chi connectivity index (χ4n) is 1.67. The van der Waals surface area contributed by atoms with Gasteiger partial charge in [0.25, 0.3) is 0 Å². The van der Waals surface area contributed by atoms with Crippen LogP contribution in [0.4, 0.5) is 0 Å². The molecule has 0 bridgehead atoms. The van der Waals surface area contributed by atoms with E-state index in [1.807, 2.05) is 0 Å². The molecule has 0 spiro atoms. The number of carbonyl (C=O) groups is 4. The molecular weight excluding hydrogens is 356 g/mol. The molecule has 0 fully saturated rings. The van der Waals surface area contributed by atoms with Gasteiger partial charge in [0.1, 0.15) is 0 Å². The average Bonchev–Trinajstić information content (AvgIpc) is 2.46. The smallest absolute Gasteiger partial charge is 0.550 e. The Balaban J connectivity index is -0.000000372. The first-order chi connectivity index (χ1) is 11.3. The van der Waals surface area contributed by atoms with Crippen LogP contribution >= 0.6 is 0 Å². The number of carboxylic acid groups (broad SMARTS) is 2. The summed E-state index contributed by atoms with van der Waals surface area (Å²) in [7, 11) is 0. The number of carbonyl (C=O) groups excluding carboxylic acids is 4. The van der Waals surface area contributed by atoms with E-state index in [0.29, 0.717) is 25.9 Å². The number of aliphatic carboxylic acids is 2. The summed E-state index contributed by atoms with van der Waals surface area (Å²) in [6.07, 6.45) is 4.76. The summed E-state index contributed by atoms with van der Waals surface area (Å²) in [6.45, 7) is 4.17. The van der Waals surface area contributed by atoms with Crippen LogP contribution in [0.2, 0.25) is 0 Å². The maximum Gasteiger partial charge on any atom is 2.00 e. The monoisotopic (exact) mass is 384 g/mol. The average molecular weight is 384 g/mol. The van der Waals surface area contributed by atoms with Crippen LogP contribution in [0.25, 0.3) is 0 Å². The molecule has 0 aliphatic rings. The minimum absolute atomic E-state index is 0. The molecule has 0 rings (SSSR count). The molecule has 0 aliphatic carbocycles. The third-order valence-corrected chi connectivity index (χ3v) is 2.86. The molecular formula is C16H28CaN2O6. The van der Waals surface area contributed by atoms with Crippen LogP contribution in [0.15, 0.2) is 0 Å². The Morgan fingerprint density at radius 1 is 0.640 bits per heavy atom. The minimum atomic E-state index is -1.01. The molecule has 2 N–H and O–H groups in total. The van der Waals surface area contributed by atoms with Crippen LogP contribution < -0.4 is 20.8 Å². The Hall–Kier alpha value is -0.860. The molecule has 0 radical (unpaired) electrons. The van der Waals surface area contributed by atoms with Crippen molar-refractivity contribution in [1.29, 1.82) is 0 Å². The molecule has 2 amide bonds. The van der Waals surface area contributed by atoms with E-state index in [9.17, 15) is 29.4 Å². The zero-order valence-corrected chi connectivity index (χ0v) is 17.4. The van der Waals surface area contributed by atoms with Crippen molar-refractivity contribution in [3.05, 3.63) is 0 Å². The Labute approximate surface area is 179 Å². The molecule has 140 valence electrons. The number of amides is 2. The van der Waals surface area contributed by atoms with E-state index in [0.717, 1.165) is 25.7 Å². The van der Waals surface area contributed by atoms with Crippen molar-refractivity contribution in [2.75, 3.05) is 13.1 Å². The molecule has 8 nitrogen and oxygen atoms in total. The third-order valence-electron chi connectivity index (χ3n) is 2.86. The quantitative estimate of drug-likeness (QED) is 0.310. The van der Waals surface area contributed by atoms with E-state index in [1.54, 1.807) is 0 Å². The van der Waals surface area contributed by atoms with Gasteiger partial charge in [-0.1, -0.05) is 12.8 Å². The van der Waals surface area contributed by atoms with Crippen molar-refractivity contribution >= 4 is 61.5 Å². The van der Waals surface area contributed by atoms with Gasteiger partial charge in [0.05, 0.1) is 0 Å². The van der Waals surface area contributed by atoms with Crippen molar-refractivity contribution < 1.29 is 29.4 Å². The predicted octanol–water partition coefficient (Wildman–Crippen LogP) is -1.52. The topological polar surface area (TPSA) is 138 Å². The van der Waals surface area contributed by atoms with Gasteiger partial charge in [0.15, 0.2) is 0 Å². The molecule has 0 aromatic carbocycles. The van der Waals surface area contributed by atoms with Crippen molar-refractivity contribution in [3.8, 4) is 0 Å². The Morgan fingerprint density at radius 3 is 1.20 bits per heavy atom. The summed E-state index contributed by atoms with van der Waals surface area (Å²) in [4.78, 5) is 40.7. The van der Waals surface area contributed by atoms with Gasteiger partial charge in [0.2, 0.25) is 11.8 Å². The number of rotatable bonds is 12. The molecule has 0 saturated carbocycles. The second-order valence-electron chi connectivity index (χ2n) is 5.33. The molecule has 0 aromatic rings. The SMILES string of the molecule is CC(=O)NCCCCCC(=O)[O-].CC(=O)NCCCCCC(=O)[O-].[Ca+2]. The van der Waals surface area contributed by atoms with Gasteiger partial charge >= 0.3 is 37.7 Å². The molecule has 0 aliphatic heterocycles. The van der Waals surface area contributed by atoms with Gasteiger partial charge in [-0.25, -0.2) is 0 Å². The van der Waals surface area contributed by atoms with Crippen molar-refractivity contribution in [2.45, 2.75) is 65.2 Å². The normalized spacial score (nSPS) is 9.04. The van der Waals surface area contributed by atoms with Gasteiger partial charge in [-0.3, -0.25) is 9.59 Å². The first kappa shape index (κ1) is 28.9. The summed E-state index contributed by atoms with van der Waals surface area (Å²) in [5, 5.41) is 25.2. The van der Waals surface area contributed by atoms with Crippen molar-refractivity contribution in [1.82, 2.24) is 10.6 Å². The first-order valence-electron chi connectivity index (χ1n) is 8.14. The van der Waals surface area contributed by atoms with Crippen LogP contribution in [0, 0.1) is 0 Å². The number of hydrogen-bond acceptors (Lipinski definition) is 6. The summed E-state index contributed by atoms with van der Waals surface area (Å²) in [5.74, 6) is -2.10. The number of unbranched alkanes of at least 4 members (excludes halogenated alkanes) is 4. The summed E-state index contributed by atoms with van der Waals surface area (Å²) >= 11 is 0. The Morgan fingerprint density at radius 2 is 0.960 bits per heavy atom. The van der Waals surface area contributed by atoms with Gasteiger partial charge in [-0.2, -0.15) is 0 Å². The predicted molar refractivity (Wildman–Crippen MR) is 90.1 cm³/mol. The van der Waals surface area contributed by atoms with E-state index in [2.05, 4.69) is 10.6 Å². The molecule has 0 saturated heterocycles. The van der Waals surface area contributed by atoms with Crippen molar-refractivity contribution in [2.24, 2.45) is 0 Å². The van der Waals surface area contributed by atoms with Gasteiger partial charge in [0, 0.05) is 38.9 Å². The maximum absolute atomic E-state index is 10.4. The third kappa shape index (κ3) is 35.2. The summed E-state index contributed by atoms with van der Waals surface area (Å²) in [6, 6.07) is 0. The maximum atomic E-state index is 10.4. The Kier molecular flexibility index (Phi) is 24.5. The number of carboxylic acids is 2. The van der Waals surface area contributed by atoms with Gasteiger partial charge in [-0.15, -0.1) is 0 Å². The number of nitrogens with one attached hydrogen (secondary N) is 2. The largest absolute Gasteiger partial charge is 2.00 e. The molecule has 0 unspecified atom stereocenters.